The Morgan fingerprint density at radius 2 is 2.31 bits per heavy atom. The predicted molar refractivity (Wildman–Crippen MR) is 41.9 cm³/mol. The van der Waals surface area contributed by atoms with E-state index in [-0.39, 0.29) is 5.82 Å². The molecule has 0 saturated carbocycles. The topological polar surface area (TPSA) is 91.8 Å². The summed E-state index contributed by atoms with van der Waals surface area (Å²) in [6.45, 7) is -0.909. The van der Waals surface area contributed by atoms with Crippen LogP contribution in [0.5, 0.6) is 0 Å². The Balaban J connectivity index is 2.85. The quantitative estimate of drug-likeness (QED) is 0.817. The van der Waals surface area contributed by atoms with Crippen molar-refractivity contribution < 1.29 is 23.1 Å². The van der Waals surface area contributed by atoms with Crippen molar-refractivity contribution >= 4 is 5.97 Å². The lowest BCUT2D eigenvalue weighted by molar-refractivity contribution is -0.196. The van der Waals surface area contributed by atoms with Crippen LogP contribution in [0, 0.1) is 17.2 Å². The number of alkyl halides is 3. The molecule has 0 bridgehead atoms. The van der Waals surface area contributed by atoms with Crippen LogP contribution in [0.3, 0.4) is 0 Å². The first-order chi connectivity index (χ1) is 7.34. The minimum Gasteiger partial charge on any atom is -0.481 e. The summed E-state index contributed by atoms with van der Waals surface area (Å²) in [7, 11) is 0. The Kier molecular flexibility index (Phi) is 3.12. The number of rotatable bonds is 3. The third-order valence-corrected chi connectivity index (χ3v) is 1.70. The lowest BCUT2D eigenvalue weighted by Gasteiger charge is -2.15. The van der Waals surface area contributed by atoms with Gasteiger partial charge in [-0.25, -0.2) is 4.98 Å². The highest BCUT2D eigenvalue weighted by atomic mass is 19.4. The van der Waals surface area contributed by atoms with E-state index in [2.05, 4.69) is 10.1 Å². The molecule has 0 fully saturated rings. The lowest BCUT2D eigenvalue weighted by atomic mass is 10.1. The molecule has 1 atom stereocenters. The fourth-order valence-electron chi connectivity index (χ4n) is 0.943. The number of hydrogen-bond acceptors (Lipinski definition) is 4. The number of carbonyl (C=O) groups is 1. The van der Waals surface area contributed by atoms with Gasteiger partial charge in [-0.2, -0.15) is 18.4 Å². The first kappa shape index (κ1) is 12.0. The second-order valence-corrected chi connectivity index (χ2v) is 2.83. The second kappa shape index (κ2) is 4.18. The van der Waals surface area contributed by atoms with Crippen molar-refractivity contribution in [3.63, 3.8) is 0 Å². The molecule has 1 heterocycles. The van der Waals surface area contributed by atoms with E-state index in [1.54, 1.807) is 0 Å². The van der Waals surface area contributed by atoms with Crippen molar-refractivity contribution in [3.05, 3.63) is 12.2 Å². The molecule has 6 nitrogen and oxygen atoms in total. The smallest absolute Gasteiger partial charge is 0.404 e. The molecule has 1 unspecified atom stereocenters. The van der Waals surface area contributed by atoms with Gasteiger partial charge in [-0.05, 0) is 0 Å². The molecule has 0 saturated heterocycles. The van der Waals surface area contributed by atoms with Gasteiger partial charge in [0.2, 0.25) is 0 Å². The zero-order valence-electron chi connectivity index (χ0n) is 7.64. The lowest BCUT2D eigenvalue weighted by Crippen LogP contribution is -2.34. The fourth-order valence-corrected chi connectivity index (χ4v) is 0.943. The average molecular weight is 234 g/mol. The SMILES string of the molecule is N#Cc1ncn(CC(C(=O)O)C(F)(F)F)n1. The molecule has 1 aromatic rings. The van der Waals surface area contributed by atoms with Gasteiger partial charge in [0.25, 0.3) is 5.82 Å². The summed E-state index contributed by atoms with van der Waals surface area (Å²) < 4.78 is 37.4. The third-order valence-electron chi connectivity index (χ3n) is 1.70. The van der Waals surface area contributed by atoms with E-state index in [0.29, 0.717) is 4.68 Å². The van der Waals surface area contributed by atoms with Crippen LogP contribution in [0.25, 0.3) is 0 Å². The fraction of sp³-hybridized carbons (Fsp3) is 0.429. The van der Waals surface area contributed by atoms with Gasteiger partial charge in [0.15, 0.2) is 5.92 Å². The third kappa shape index (κ3) is 2.69. The number of carboxylic acids is 1. The van der Waals surface area contributed by atoms with Crippen molar-refractivity contribution in [3.8, 4) is 6.07 Å². The zero-order valence-corrected chi connectivity index (χ0v) is 7.64. The monoisotopic (exact) mass is 234 g/mol. The maximum absolute atomic E-state index is 12.2. The maximum atomic E-state index is 12.2. The van der Waals surface area contributed by atoms with Crippen molar-refractivity contribution in [1.82, 2.24) is 14.8 Å². The Morgan fingerprint density at radius 1 is 1.69 bits per heavy atom. The standard InChI is InChI=1S/C7H5F3N4O2/c8-7(9,10)4(6(15)16)2-14-3-12-5(1-11)13-14/h3-4H,2H2,(H,15,16). The van der Waals surface area contributed by atoms with E-state index in [9.17, 15) is 18.0 Å². The zero-order chi connectivity index (χ0) is 12.3. The number of aromatic nitrogens is 3. The number of nitriles is 1. The van der Waals surface area contributed by atoms with Gasteiger partial charge in [0, 0.05) is 0 Å². The molecule has 1 rings (SSSR count). The van der Waals surface area contributed by atoms with Crippen LogP contribution in [0.4, 0.5) is 13.2 Å². The molecule has 0 radical (unpaired) electrons. The van der Waals surface area contributed by atoms with Crippen LogP contribution >= 0.6 is 0 Å². The highest BCUT2D eigenvalue weighted by molar-refractivity contribution is 5.70. The molecule has 0 aliphatic carbocycles. The van der Waals surface area contributed by atoms with Crippen molar-refractivity contribution in [2.45, 2.75) is 12.7 Å². The predicted octanol–water partition coefficient (Wildman–Crippen LogP) is 0.413. The van der Waals surface area contributed by atoms with Crippen LogP contribution in [0.15, 0.2) is 6.33 Å². The van der Waals surface area contributed by atoms with Gasteiger partial charge >= 0.3 is 12.1 Å². The maximum Gasteiger partial charge on any atom is 0.404 e. The Hall–Kier alpha value is -2.11. The molecule has 16 heavy (non-hydrogen) atoms. The summed E-state index contributed by atoms with van der Waals surface area (Å²) in [6.07, 6.45) is -4.00. The molecule has 1 aromatic heterocycles. The van der Waals surface area contributed by atoms with Gasteiger partial charge < -0.3 is 5.11 Å². The van der Waals surface area contributed by atoms with Crippen molar-refractivity contribution in [2.75, 3.05) is 0 Å². The van der Waals surface area contributed by atoms with E-state index < -0.39 is 24.6 Å². The molecule has 1 N–H and O–H groups in total. The van der Waals surface area contributed by atoms with Crippen LogP contribution in [-0.4, -0.2) is 32.0 Å². The first-order valence-electron chi connectivity index (χ1n) is 3.93. The Morgan fingerprint density at radius 3 is 2.69 bits per heavy atom. The molecule has 0 aromatic carbocycles. The van der Waals surface area contributed by atoms with E-state index in [1.807, 2.05) is 0 Å². The molecule has 0 spiro atoms. The van der Waals surface area contributed by atoms with Gasteiger partial charge in [0.05, 0.1) is 6.54 Å². The van der Waals surface area contributed by atoms with E-state index in [0.717, 1.165) is 6.33 Å². The Labute approximate surface area is 86.9 Å². The van der Waals surface area contributed by atoms with Gasteiger partial charge in [0.1, 0.15) is 12.4 Å². The molecular formula is C7H5F3N4O2. The molecule has 0 amide bonds. The molecule has 9 heteroatoms. The summed E-state index contributed by atoms with van der Waals surface area (Å²) in [5.74, 6) is -4.88. The second-order valence-electron chi connectivity index (χ2n) is 2.83. The highest BCUT2D eigenvalue weighted by Crippen LogP contribution is 2.27. The summed E-state index contributed by atoms with van der Waals surface area (Å²) in [6, 6.07) is 1.52. The molecule has 86 valence electrons. The van der Waals surface area contributed by atoms with Gasteiger partial charge in [-0.15, -0.1) is 5.10 Å². The summed E-state index contributed by atoms with van der Waals surface area (Å²) in [4.78, 5) is 13.7. The number of hydrogen-bond donors (Lipinski definition) is 1. The van der Waals surface area contributed by atoms with Gasteiger partial charge in [-0.3, -0.25) is 9.48 Å². The average Bonchev–Trinajstić information content (AvgIpc) is 2.59. The molecular weight excluding hydrogens is 229 g/mol. The highest BCUT2D eigenvalue weighted by Gasteiger charge is 2.45. The number of carboxylic acid groups (broad SMARTS) is 1. The first-order valence-corrected chi connectivity index (χ1v) is 3.93. The van der Waals surface area contributed by atoms with Crippen molar-refractivity contribution in [1.29, 1.82) is 5.26 Å². The minimum absolute atomic E-state index is 0.314. The molecule has 0 aliphatic rings. The summed E-state index contributed by atoms with van der Waals surface area (Å²) >= 11 is 0. The normalized spacial score (nSPS) is 13.1. The minimum atomic E-state index is -4.87. The van der Waals surface area contributed by atoms with E-state index in [4.69, 9.17) is 10.4 Å². The number of halogens is 3. The largest absolute Gasteiger partial charge is 0.481 e. The summed E-state index contributed by atoms with van der Waals surface area (Å²) in [5.41, 5.74) is 0. The van der Waals surface area contributed by atoms with Crippen molar-refractivity contribution in [2.24, 2.45) is 5.92 Å². The number of nitrogens with zero attached hydrogens (tertiary/aromatic N) is 4. The van der Waals surface area contributed by atoms with Crippen LogP contribution in [0.1, 0.15) is 5.82 Å². The number of aliphatic carboxylic acids is 1. The summed E-state index contributed by atoms with van der Waals surface area (Å²) in [5, 5.41) is 20.1. The Bertz CT molecular complexity index is 434. The van der Waals surface area contributed by atoms with Crippen LogP contribution in [0.2, 0.25) is 0 Å². The van der Waals surface area contributed by atoms with E-state index in [1.165, 1.54) is 6.07 Å². The van der Waals surface area contributed by atoms with Gasteiger partial charge in [-0.1, -0.05) is 0 Å². The van der Waals surface area contributed by atoms with Crippen LogP contribution in [-0.2, 0) is 11.3 Å². The molecule has 0 aliphatic heterocycles. The van der Waals surface area contributed by atoms with Crippen LogP contribution < -0.4 is 0 Å². The van der Waals surface area contributed by atoms with E-state index >= 15 is 0 Å².